The van der Waals surface area contributed by atoms with E-state index in [0.717, 1.165) is 23.5 Å². The summed E-state index contributed by atoms with van der Waals surface area (Å²) in [5.41, 5.74) is 1.72. The van der Waals surface area contributed by atoms with E-state index in [1.54, 1.807) is 6.20 Å². The van der Waals surface area contributed by atoms with Gasteiger partial charge in [-0.25, -0.2) is 9.97 Å². The van der Waals surface area contributed by atoms with Crippen LogP contribution >= 0.6 is 35.0 Å². The highest BCUT2D eigenvalue weighted by atomic mass is 35.5. The summed E-state index contributed by atoms with van der Waals surface area (Å²) in [7, 11) is 0. The molecule has 21 heavy (non-hydrogen) atoms. The summed E-state index contributed by atoms with van der Waals surface area (Å²) < 4.78 is 2.49. The van der Waals surface area contributed by atoms with Gasteiger partial charge >= 0.3 is 0 Å². The third-order valence-electron chi connectivity index (χ3n) is 4.33. The predicted molar refractivity (Wildman–Crippen MR) is 91.5 cm³/mol. The van der Waals surface area contributed by atoms with Crippen molar-refractivity contribution < 1.29 is 0 Å². The number of pyridine rings is 1. The van der Waals surface area contributed by atoms with Gasteiger partial charge < -0.3 is 4.57 Å². The molecule has 0 radical (unpaired) electrons. The van der Waals surface area contributed by atoms with Gasteiger partial charge in [-0.05, 0) is 32.1 Å². The normalized spacial score (nSPS) is 19.2. The van der Waals surface area contributed by atoms with E-state index < -0.39 is 0 Å². The van der Waals surface area contributed by atoms with Gasteiger partial charge in [-0.15, -0.1) is 11.6 Å². The van der Waals surface area contributed by atoms with Crippen molar-refractivity contribution in [3.8, 4) is 0 Å². The molecule has 0 spiro atoms. The zero-order valence-corrected chi connectivity index (χ0v) is 14.6. The number of thioether (sulfide) groups is 1. The second kappa shape index (κ2) is 5.98. The van der Waals surface area contributed by atoms with E-state index >= 15 is 0 Å². The third kappa shape index (κ3) is 2.90. The van der Waals surface area contributed by atoms with Gasteiger partial charge in [0.1, 0.15) is 11.3 Å². The lowest BCUT2D eigenvalue weighted by Crippen LogP contribution is -2.28. The Morgan fingerprint density at radius 2 is 2.14 bits per heavy atom. The van der Waals surface area contributed by atoms with Gasteiger partial charge in [0, 0.05) is 17.5 Å². The van der Waals surface area contributed by atoms with Crippen molar-refractivity contribution in [1.82, 2.24) is 14.5 Å². The minimum Gasteiger partial charge on any atom is -0.310 e. The number of imidazole rings is 1. The van der Waals surface area contributed by atoms with E-state index in [1.807, 2.05) is 24.8 Å². The zero-order valence-electron chi connectivity index (χ0n) is 12.3. The molecule has 1 aliphatic rings. The van der Waals surface area contributed by atoms with Crippen molar-refractivity contribution in [1.29, 1.82) is 0 Å². The lowest BCUT2D eigenvalue weighted by Gasteiger charge is -2.28. The Kier molecular flexibility index (Phi) is 4.40. The lowest BCUT2D eigenvalue weighted by molar-refractivity contribution is 0.499. The SMILES string of the molecule is CSC1(Cn2c(C(C)Cl)nc3cc(Cl)cnc32)CCCC1. The van der Waals surface area contributed by atoms with Gasteiger partial charge in [0.15, 0.2) is 5.65 Å². The van der Waals surface area contributed by atoms with Gasteiger partial charge in [-0.2, -0.15) is 11.8 Å². The number of alkyl halides is 1. The number of hydrogen-bond donors (Lipinski definition) is 0. The van der Waals surface area contributed by atoms with Gasteiger partial charge in [-0.3, -0.25) is 0 Å². The second-order valence-electron chi connectivity index (χ2n) is 5.76. The van der Waals surface area contributed by atoms with E-state index in [-0.39, 0.29) is 10.1 Å². The smallest absolute Gasteiger partial charge is 0.160 e. The van der Waals surface area contributed by atoms with Crippen molar-refractivity contribution >= 4 is 46.1 Å². The Bertz CT molecular complexity index is 648. The molecule has 6 heteroatoms. The van der Waals surface area contributed by atoms with Crippen molar-refractivity contribution in [2.75, 3.05) is 6.26 Å². The summed E-state index contributed by atoms with van der Waals surface area (Å²) in [5, 5.41) is 0.472. The summed E-state index contributed by atoms with van der Waals surface area (Å²) in [4.78, 5) is 9.15. The number of halogens is 2. The van der Waals surface area contributed by atoms with Crippen LogP contribution in [0, 0.1) is 0 Å². The summed E-state index contributed by atoms with van der Waals surface area (Å²) >= 11 is 14.3. The quantitative estimate of drug-likeness (QED) is 0.726. The Morgan fingerprint density at radius 1 is 1.43 bits per heavy atom. The summed E-state index contributed by atoms with van der Waals surface area (Å²) in [6, 6.07) is 1.86. The fraction of sp³-hybridized carbons (Fsp3) is 0.600. The van der Waals surface area contributed by atoms with Gasteiger partial charge in [-0.1, -0.05) is 24.4 Å². The average Bonchev–Trinajstić information content (AvgIpc) is 3.05. The highest BCUT2D eigenvalue weighted by Gasteiger charge is 2.35. The maximum absolute atomic E-state index is 6.34. The second-order valence-corrected chi connectivity index (χ2v) is 8.13. The van der Waals surface area contributed by atoms with Crippen LogP contribution in [0.1, 0.15) is 43.8 Å². The molecule has 1 aliphatic carbocycles. The summed E-state index contributed by atoms with van der Waals surface area (Å²) in [5.74, 6) is 0.891. The van der Waals surface area contributed by atoms with Crippen LogP contribution in [0.3, 0.4) is 0 Å². The molecule has 3 rings (SSSR count). The Balaban J connectivity index is 2.09. The fourth-order valence-electron chi connectivity index (χ4n) is 3.20. The van der Waals surface area contributed by atoms with Gasteiger partial charge in [0.05, 0.1) is 10.4 Å². The molecule has 0 aliphatic heterocycles. The molecule has 0 aromatic carbocycles. The number of rotatable bonds is 4. The van der Waals surface area contributed by atoms with Crippen LogP contribution in [0.4, 0.5) is 0 Å². The standard InChI is InChI=1S/C15H19Cl2N3S/c1-10(16)13-19-12-7-11(17)8-18-14(12)20(13)9-15(21-2)5-3-4-6-15/h7-8,10H,3-6,9H2,1-2H3. The van der Waals surface area contributed by atoms with Gasteiger partial charge in [0.25, 0.3) is 0 Å². The highest BCUT2D eigenvalue weighted by molar-refractivity contribution is 8.00. The Morgan fingerprint density at radius 3 is 2.76 bits per heavy atom. The Hall–Kier alpha value is -0.450. The largest absolute Gasteiger partial charge is 0.310 e. The predicted octanol–water partition coefficient (Wildman–Crippen LogP) is 5.06. The van der Waals surface area contributed by atoms with Crippen LogP contribution in [0.25, 0.3) is 11.2 Å². The molecule has 2 heterocycles. The van der Waals surface area contributed by atoms with Crippen LogP contribution in [-0.2, 0) is 6.54 Å². The molecule has 0 amide bonds. The van der Waals surface area contributed by atoms with E-state index in [2.05, 4.69) is 20.8 Å². The molecule has 3 nitrogen and oxygen atoms in total. The molecule has 114 valence electrons. The van der Waals surface area contributed by atoms with Crippen LogP contribution < -0.4 is 0 Å². The maximum Gasteiger partial charge on any atom is 0.160 e. The minimum atomic E-state index is -0.140. The first-order valence-corrected chi connectivity index (χ1v) is 9.29. The molecular formula is C15H19Cl2N3S. The van der Waals surface area contributed by atoms with Crippen LogP contribution in [0.15, 0.2) is 12.3 Å². The van der Waals surface area contributed by atoms with Crippen LogP contribution in [0.5, 0.6) is 0 Å². The first-order chi connectivity index (χ1) is 10.0. The van der Waals surface area contributed by atoms with Crippen LogP contribution in [-0.4, -0.2) is 25.5 Å². The summed E-state index contributed by atoms with van der Waals surface area (Å²) in [6.07, 6.45) is 9.00. The highest BCUT2D eigenvalue weighted by Crippen LogP contribution is 2.42. The molecule has 1 saturated carbocycles. The van der Waals surface area contributed by atoms with E-state index in [9.17, 15) is 0 Å². The first-order valence-electron chi connectivity index (χ1n) is 7.25. The van der Waals surface area contributed by atoms with Gasteiger partial charge in [0.2, 0.25) is 0 Å². The Labute approximate surface area is 139 Å². The average molecular weight is 344 g/mol. The number of hydrogen-bond acceptors (Lipinski definition) is 3. The molecule has 2 aromatic rings. The van der Waals surface area contributed by atoms with Crippen molar-refractivity contribution in [2.45, 2.75) is 49.3 Å². The monoisotopic (exact) mass is 343 g/mol. The third-order valence-corrected chi connectivity index (χ3v) is 6.14. The molecule has 0 saturated heterocycles. The number of aromatic nitrogens is 3. The molecule has 1 fully saturated rings. The summed E-state index contributed by atoms with van der Waals surface area (Å²) in [6.45, 7) is 2.88. The zero-order chi connectivity index (χ0) is 15.0. The first kappa shape index (κ1) is 15.4. The molecule has 0 bridgehead atoms. The molecule has 0 N–H and O–H groups in total. The molecule has 1 unspecified atom stereocenters. The van der Waals surface area contributed by atoms with Crippen molar-refractivity contribution in [3.05, 3.63) is 23.1 Å². The van der Waals surface area contributed by atoms with E-state index in [1.165, 1.54) is 25.7 Å². The topological polar surface area (TPSA) is 30.7 Å². The van der Waals surface area contributed by atoms with Crippen molar-refractivity contribution in [2.24, 2.45) is 0 Å². The molecule has 2 aromatic heterocycles. The van der Waals surface area contributed by atoms with Crippen LogP contribution in [0.2, 0.25) is 5.02 Å². The minimum absolute atomic E-state index is 0.140. The lowest BCUT2D eigenvalue weighted by atomic mass is 10.1. The van der Waals surface area contributed by atoms with E-state index in [4.69, 9.17) is 23.2 Å². The van der Waals surface area contributed by atoms with E-state index in [0.29, 0.717) is 5.02 Å². The number of nitrogens with zero attached hydrogens (tertiary/aromatic N) is 3. The molecular weight excluding hydrogens is 325 g/mol. The fourth-order valence-corrected chi connectivity index (χ4v) is 4.47. The molecule has 1 atom stereocenters. The number of fused-ring (bicyclic) bond motifs is 1. The maximum atomic E-state index is 6.34. The van der Waals surface area contributed by atoms with Crippen molar-refractivity contribution in [3.63, 3.8) is 0 Å².